The first-order valence-electron chi connectivity index (χ1n) is 25.4. The first-order valence-corrected chi connectivity index (χ1v) is 25.4. The minimum absolute atomic E-state index is 0.0279. The number of anilines is 5. The summed E-state index contributed by atoms with van der Waals surface area (Å²) in [6.45, 7) is 33.5. The van der Waals surface area contributed by atoms with E-state index in [4.69, 9.17) is 8.83 Å². The lowest BCUT2D eigenvalue weighted by Crippen LogP contribution is -2.61. The molecule has 2 aromatic heterocycles. The van der Waals surface area contributed by atoms with Crippen molar-refractivity contribution < 1.29 is 8.83 Å². The minimum atomic E-state index is -0.124. The molecule has 5 heteroatoms. The number of fused-ring (bicyclic) bond motifs is 11. The Bertz CT molecular complexity index is 3290. The van der Waals surface area contributed by atoms with Crippen molar-refractivity contribution in [3.05, 3.63) is 136 Å². The van der Waals surface area contributed by atoms with Gasteiger partial charge in [0.1, 0.15) is 16.9 Å². The molecule has 1 atom stereocenters. The summed E-state index contributed by atoms with van der Waals surface area (Å²) in [5.41, 5.74) is 22.8. The maximum absolute atomic E-state index is 7.52. The number of rotatable bonds is 3. The van der Waals surface area contributed by atoms with E-state index in [1.165, 1.54) is 102 Å². The van der Waals surface area contributed by atoms with Crippen LogP contribution in [0.5, 0.6) is 0 Å². The topological polar surface area (TPSA) is 32.8 Å². The van der Waals surface area contributed by atoms with Gasteiger partial charge in [0.05, 0.1) is 17.0 Å². The number of para-hydroxylation sites is 1. The molecule has 1 unspecified atom stereocenters. The number of hydrogen-bond donors (Lipinski definition) is 0. The van der Waals surface area contributed by atoms with Gasteiger partial charge in [-0.1, -0.05) is 132 Å². The Labute approximate surface area is 399 Å². The van der Waals surface area contributed by atoms with E-state index in [1.807, 2.05) is 0 Å². The van der Waals surface area contributed by atoms with Crippen molar-refractivity contribution in [3.8, 4) is 0 Å². The zero-order valence-electron chi connectivity index (χ0n) is 42.6. The van der Waals surface area contributed by atoms with Crippen LogP contribution in [0.3, 0.4) is 0 Å². The van der Waals surface area contributed by atoms with Gasteiger partial charge < -0.3 is 18.6 Å². The van der Waals surface area contributed by atoms with Crippen LogP contribution in [-0.4, -0.2) is 6.71 Å². The summed E-state index contributed by atoms with van der Waals surface area (Å²) < 4.78 is 14.5. The van der Waals surface area contributed by atoms with Crippen LogP contribution in [0.1, 0.15) is 173 Å². The fraction of sp³-hybridized carbons (Fsp3) is 0.419. The molecule has 0 amide bonds. The van der Waals surface area contributed by atoms with Gasteiger partial charge in [-0.15, -0.1) is 0 Å². The van der Waals surface area contributed by atoms with E-state index in [-0.39, 0.29) is 39.7 Å². The van der Waals surface area contributed by atoms with Gasteiger partial charge in [0, 0.05) is 45.0 Å². The van der Waals surface area contributed by atoms with Crippen molar-refractivity contribution in [3.63, 3.8) is 0 Å². The summed E-state index contributed by atoms with van der Waals surface area (Å²) in [5, 5.41) is 2.34. The summed E-state index contributed by atoms with van der Waals surface area (Å²) in [4.78, 5) is 5.29. The molecule has 0 N–H and O–H groups in total. The SMILES string of the molecule is Cc1cc2c3c(c1)N(c1ccc4c(c1)C(C)(C)CCC4(C)C)c1cc4c(cc1B3c1oc3ccc(C(C)(C)C)cc3c1N2C1=CCC(C(C)C)c2oc3ccccc3c21)C(C)(C)CCC4(C)C. The van der Waals surface area contributed by atoms with Crippen molar-refractivity contribution in [1.82, 2.24) is 0 Å². The predicted molar refractivity (Wildman–Crippen MR) is 285 cm³/mol. The number of furan rings is 2. The largest absolute Gasteiger partial charge is 0.468 e. The number of aryl methyl sites for hydroxylation is 1. The van der Waals surface area contributed by atoms with Crippen molar-refractivity contribution in [2.75, 3.05) is 9.80 Å². The van der Waals surface area contributed by atoms with E-state index in [2.05, 4.69) is 198 Å². The molecule has 0 radical (unpaired) electrons. The van der Waals surface area contributed by atoms with Crippen LogP contribution in [0.4, 0.5) is 28.4 Å². The Hall–Kier alpha value is -5.42. The summed E-state index contributed by atoms with van der Waals surface area (Å²) in [7, 11) is 0. The monoisotopic (exact) mass is 885 g/mol. The van der Waals surface area contributed by atoms with Gasteiger partial charge in [0.15, 0.2) is 0 Å². The first-order chi connectivity index (χ1) is 31.6. The molecule has 4 heterocycles. The normalized spacial score (nSPS) is 20.6. The van der Waals surface area contributed by atoms with Gasteiger partial charge in [-0.05, 0) is 165 Å². The van der Waals surface area contributed by atoms with E-state index in [0.717, 1.165) is 47.5 Å². The van der Waals surface area contributed by atoms with Crippen molar-refractivity contribution >= 4 is 79.4 Å². The van der Waals surface area contributed by atoms with E-state index < -0.39 is 0 Å². The highest BCUT2D eigenvalue weighted by atomic mass is 16.3. The maximum Gasteiger partial charge on any atom is 0.297 e. The van der Waals surface area contributed by atoms with Crippen molar-refractivity contribution in [1.29, 1.82) is 0 Å². The Kier molecular flexibility index (Phi) is 8.87. The molecule has 0 saturated carbocycles. The van der Waals surface area contributed by atoms with E-state index in [9.17, 15) is 0 Å². The molecule has 5 aliphatic rings. The van der Waals surface area contributed by atoms with E-state index in [0.29, 0.717) is 5.92 Å². The van der Waals surface area contributed by atoms with Gasteiger partial charge in [-0.2, -0.15) is 0 Å². The quantitative estimate of drug-likeness (QED) is 0.166. The zero-order chi connectivity index (χ0) is 47.1. The Morgan fingerprint density at radius 1 is 0.627 bits per heavy atom. The van der Waals surface area contributed by atoms with Crippen molar-refractivity contribution in [2.45, 2.75) is 162 Å². The number of benzene rings is 5. The lowest BCUT2D eigenvalue weighted by atomic mass is 9.35. The van der Waals surface area contributed by atoms with Gasteiger partial charge >= 0.3 is 0 Å². The van der Waals surface area contributed by atoms with Crippen LogP contribution in [-0.2, 0) is 27.1 Å². The molecular formula is C62H69BN2O2. The Morgan fingerprint density at radius 3 is 1.91 bits per heavy atom. The summed E-state index contributed by atoms with van der Waals surface area (Å²) in [6.07, 6.45) is 8.11. The molecular weight excluding hydrogens is 816 g/mol. The first kappa shape index (κ1) is 42.9. The third-order valence-electron chi connectivity index (χ3n) is 17.6. The van der Waals surface area contributed by atoms with Crippen LogP contribution in [0, 0.1) is 12.8 Å². The van der Waals surface area contributed by atoms with E-state index >= 15 is 0 Å². The summed E-state index contributed by atoms with van der Waals surface area (Å²) >= 11 is 0. The second kappa shape index (κ2) is 13.9. The fourth-order valence-corrected chi connectivity index (χ4v) is 13.2. The fourth-order valence-electron chi connectivity index (χ4n) is 13.2. The molecule has 7 aromatic rings. The van der Waals surface area contributed by atoms with Gasteiger partial charge in [-0.25, -0.2) is 0 Å². The highest BCUT2D eigenvalue weighted by Crippen LogP contribution is 2.55. The molecule has 0 bridgehead atoms. The summed E-state index contributed by atoms with van der Waals surface area (Å²) in [6, 6.07) is 33.4. The van der Waals surface area contributed by atoms with Crippen LogP contribution in [0.25, 0.3) is 27.6 Å². The number of allylic oxidation sites excluding steroid dienone is 1. The van der Waals surface area contributed by atoms with Gasteiger partial charge in [0.2, 0.25) is 0 Å². The average molecular weight is 885 g/mol. The maximum atomic E-state index is 7.52. The third kappa shape index (κ3) is 6.10. The zero-order valence-corrected chi connectivity index (χ0v) is 42.6. The highest BCUT2D eigenvalue weighted by Gasteiger charge is 2.50. The molecule has 5 aromatic carbocycles. The average Bonchev–Trinajstić information content (AvgIpc) is 3.85. The minimum Gasteiger partial charge on any atom is -0.468 e. The second-order valence-electron chi connectivity index (χ2n) is 25.3. The smallest absolute Gasteiger partial charge is 0.297 e. The molecule has 12 rings (SSSR count). The van der Waals surface area contributed by atoms with Crippen LogP contribution < -0.4 is 26.4 Å². The van der Waals surface area contributed by atoms with Crippen LogP contribution in [0.2, 0.25) is 0 Å². The van der Waals surface area contributed by atoms with E-state index in [1.54, 1.807) is 0 Å². The molecule has 0 fully saturated rings. The highest BCUT2D eigenvalue weighted by molar-refractivity contribution is 7.00. The molecule has 342 valence electrons. The third-order valence-corrected chi connectivity index (χ3v) is 17.6. The number of nitrogens with zero attached hydrogens (tertiary/aromatic N) is 2. The molecule has 3 aliphatic carbocycles. The second-order valence-corrected chi connectivity index (χ2v) is 25.3. The van der Waals surface area contributed by atoms with Gasteiger partial charge in [-0.3, -0.25) is 0 Å². The van der Waals surface area contributed by atoms with Crippen molar-refractivity contribution in [2.24, 2.45) is 5.92 Å². The van der Waals surface area contributed by atoms with Gasteiger partial charge in [0.25, 0.3) is 6.71 Å². The van der Waals surface area contributed by atoms with Crippen LogP contribution in [0.15, 0.2) is 99.8 Å². The standard InChI is InChI=1S/C62H69BN2O2/c1-35(2)39-21-23-47(53-40-17-15-16-18-51(40)66-56(39)53)65-50-30-36(3)29-49-54(50)63(57-55(65)41-31-37(58(4,5)6)19-24-52(41)67-57)46-33-44-45(62(13,14)28-27-61(44,11)12)34-48(46)64(49)38-20-22-42-43(32-38)60(9,10)26-25-59(42,7)8/h15-20,22-24,29-35,39H,21,25-28H2,1-14H3. The lowest BCUT2D eigenvalue weighted by molar-refractivity contribution is 0.332. The molecule has 2 aliphatic heterocycles. The molecule has 4 nitrogen and oxygen atoms in total. The summed E-state index contributed by atoms with van der Waals surface area (Å²) in [5.74, 6) is 1.80. The lowest BCUT2D eigenvalue weighted by Gasteiger charge is -2.47. The Morgan fingerprint density at radius 2 is 1.24 bits per heavy atom. The molecule has 0 saturated heterocycles. The molecule has 67 heavy (non-hydrogen) atoms. The van der Waals surface area contributed by atoms with Crippen LogP contribution >= 0.6 is 0 Å². The molecule has 0 spiro atoms. The number of hydrogen-bond acceptors (Lipinski definition) is 4. The predicted octanol–water partition coefficient (Wildman–Crippen LogP) is 15.4. The Balaban J connectivity index is 1.21.